The van der Waals surface area contributed by atoms with Crippen molar-refractivity contribution in [3.63, 3.8) is 0 Å². The Labute approximate surface area is 139 Å². The molecule has 1 saturated heterocycles. The van der Waals surface area contributed by atoms with Crippen LogP contribution in [-0.4, -0.2) is 42.0 Å². The highest BCUT2D eigenvalue weighted by Gasteiger charge is 2.23. The number of piperazine rings is 1. The molecule has 0 spiro atoms. The van der Waals surface area contributed by atoms with Crippen molar-refractivity contribution < 1.29 is 9.18 Å². The average Bonchev–Trinajstić information content (AvgIpc) is 2.89. The fraction of sp³-hybridized carbons (Fsp3) is 0.412. The summed E-state index contributed by atoms with van der Waals surface area (Å²) in [6.07, 6.45) is 0.329. The van der Waals surface area contributed by atoms with Gasteiger partial charge < -0.3 is 9.80 Å². The maximum absolute atomic E-state index is 12.9. The van der Waals surface area contributed by atoms with Gasteiger partial charge in [0, 0.05) is 31.1 Å². The molecule has 6 heteroatoms. The van der Waals surface area contributed by atoms with Gasteiger partial charge in [-0.25, -0.2) is 9.37 Å². The summed E-state index contributed by atoms with van der Waals surface area (Å²) < 4.78 is 12.9. The molecule has 1 aromatic carbocycles. The van der Waals surface area contributed by atoms with Gasteiger partial charge in [-0.15, -0.1) is 11.3 Å². The Morgan fingerprint density at radius 1 is 1.17 bits per heavy atom. The van der Waals surface area contributed by atoms with E-state index in [1.54, 1.807) is 23.5 Å². The van der Waals surface area contributed by atoms with Gasteiger partial charge in [0.1, 0.15) is 5.82 Å². The molecule has 0 N–H and O–H groups in total. The zero-order chi connectivity index (χ0) is 16.4. The number of aryl methyl sites for hydroxylation is 2. The van der Waals surface area contributed by atoms with Crippen LogP contribution in [0.2, 0.25) is 0 Å². The summed E-state index contributed by atoms with van der Waals surface area (Å²) in [6.45, 7) is 7.13. The number of carbonyl (C=O) groups is 1. The summed E-state index contributed by atoms with van der Waals surface area (Å²) >= 11 is 1.71. The van der Waals surface area contributed by atoms with Gasteiger partial charge in [0.25, 0.3) is 0 Å². The van der Waals surface area contributed by atoms with E-state index in [0.29, 0.717) is 19.5 Å². The smallest absolute Gasteiger partial charge is 0.227 e. The van der Waals surface area contributed by atoms with Crippen LogP contribution in [0.4, 0.5) is 9.52 Å². The number of halogens is 1. The summed E-state index contributed by atoms with van der Waals surface area (Å²) in [4.78, 5) is 22.3. The molecule has 3 rings (SSSR count). The lowest BCUT2D eigenvalue weighted by atomic mass is 10.1. The van der Waals surface area contributed by atoms with E-state index in [1.165, 1.54) is 17.0 Å². The summed E-state index contributed by atoms with van der Waals surface area (Å²) in [5, 5.41) is 1.05. The number of thiazole rings is 1. The minimum atomic E-state index is -0.274. The Balaban J connectivity index is 1.55. The lowest BCUT2D eigenvalue weighted by Gasteiger charge is -2.34. The number of nitrogens with zero attached hydrogens (tertiary/aromatic N) is 3. The normalized spacial score (nSPS) is 15.1. The van der Waals surface area contributed by atoms with Gasteiger partial charge in [0.15, 0.2) is 5.13 Å². The van der Waals surface area contributed by atoms with Crippen LogP contribution in [0.15, 0.2) is 24.3 Å². The standard InChI is InChI=1S/C17H20FN3OS/c1-12-13(2)23-17(19-12)21-9-7-20(8-10-21)16(22)11-14-3-5-15(18)6-4-14/h3-6H,7-11H2,1-2H3. The number of benzene rings is 1. The Morgan fingerprint density at radius 3 is 2.39 bits per heavy atom. The highest BCUT2D eigenvalue weighted by Crippen LogP contribution is 2.26. The van der Waals surface area contributed by atoms with Crippen LogP contribution in [0.5, 0.6) is 0 Å². The van der Waals surface area contributed by atoms with E-state index < -0.39 is 0 Å². The van der Waals surface area contributed by atoms with E-state index in [-0.39, 0.29) is 11.7 Å². The molecule has 0 saturated carbocycles. The minimum Gasteiger partial charge on any atom is -0.345 e. The predicted octanol–water partition coefficient (Wildman–Crippen LogP) is 2.79. The molecular weight excluding hydrogens is 313 g/mol. The quantitative estimate of drug-likeness (QED) is 0.867. The van der Waals surface area contributed by atoms with Crippen LogP contribution in [0.1, 0.15) is 16.1 Å². The molecule has 1 aliphatic heterocycles. The van der Waals surface area contributed by atoms with Gasteiger partial charge in [-0.3, -0.25) is 4.79 Å². The molecule has 23 heavy (non-hydrogen) atoms. The molecule has 0 radical (unpaired) electrons. The van der Waals surface area contributed by atoms with Crippen LogP contribution < -0.4 is 4.90 Å². The second kappa shape index (κ2) is 6.66. The van der Waals surface area contributed by atoms with Gasteiger partial charge in [-0.2, -0.15) is 0 Å². The summed E-state index contributed by atoms with van der Waals surface area (Å²) in [5.74, 6) is -0.174. The minimum absolute atomic E-state index is 0.0998. The van der Waals surface area contributed by atoms with Crippen molar-refractivity contribution in [2.24, 2.45) is 0 Å². The fourth-order valence-corrected chi connectivity index (χ4v) is 3.59. The molecule has 0 aliphatic carbocycles. The van der Waals surface area contributed by atoms with Crippen LogP contribution in [0.25, 0.3) is 0 Å². The van der Waals surface area contributed by atoms with E-state index in [0.717, 1.165) is 29.5 Å². The van der Waals surface area contributed by atoms with Crippen molar-refractivity contribution in [3.8, 4) is 0 Å². The highest BCUT2D eigenvalue weighted by molar-refractivity contribution is 7.15. The molecular formula is C17H20FN3OS. The first-order valence-corrected chi connectivity index (χ1v) is 8.56. The molecule has 1 aliphatic rings. The summed E-state index contributed by atoms with van der Waals surface area (Å²) in [5.41, 5.74) is 1.94. The van der Waals surface area contributed by atoms with Crippen LogP contribution in [-0.2, 0) is 11.2 Å². The topological polar surface area (TPSA) is 36.4 Å². The number of amides is 1. The molecule has 0 bridgehead atoms. The van der Waals surface area contributed by atoms with E-state index in [1.807, 2.05) is 11.8 Å². The SMILES string of the molecule is Cc1nc(N2CCN(C(=O)Cc3ccc(F)cc3)CC2)sc1C. The first-order chi connectivity index (χ1) is 11.0. The lowest BCUT2D eigenvalue weighted by molar-refractivity contribution is -0.130. The second-order valence-electron chi connectivity index (χ2n) is 5.81. The third kappa shape index (κ3) is 3.69. The molecule has 1 aromatic heterocycles. The maximum Gasteiger partial charge on any atom is 0.227 e. The zero-order valence-corrected chi connectivity index (χ0v) is 14.2. The van der Waals surface area contributed by atoms with Gasteiger partial charge >= 0.3 is 0 Å². The first kappa shape index (κ1) is 15.9. The fourth-order valence-electron chi connectivity index (χ4n) is 2.63. The highest BCUT2D eigenvalue weighted by atomic mass is 32.1. The zero-order valence-electron chi connectivity index (χ0n) is 13.4. The monoisotopic (exact) mass is 333 g/mol. The number of hydrogen-bond acceptors (Lipinski definition) is 4. The third-order valence-corrected chi connectivity index (χ3v) is 5.32. The molecule has 0 unspecified atom stereocenters. The molecule has 2 heterocycles. The van der Waals surface area contributed by atoms with Crippen molar-refractivity contribution in [3.05, 3.63) is 46.2 Å². The van der Waals surface area contributed by atoms with Crippen molar-refractivity contribution in [2.75, 3.05) is 31.1 Å². The van der Waals surface area contributed by atoms with E-state index in [9.17, 15) is 9.18 Å². The molecule has 1 amide bonds. The predicted molar refractivity (Wildman–Crippen MR) is 90.5 cm³/mol. The molecule has 0 atom stereocenters. The van der Waals surface area contributed by atoms with Gasteiger partial charge in [0.05, 0.1) is 12.1 Å². The van der Waals surface area contributed by atoms with Crippen molar-refractivity contribution >= 4 is 22.4 Å². The van der Waals surface area contributed by atoms with Gasteiger partial charge in [-0.05, 0) is 31.5 Å². The number of carbonyl (C=O) groups excluding carboxylic acids is 1. The summed E-state index contributed by atoms with van der Waals surface area (Å²) in [6, 6.07) is 6.14. The maximum atomic E-state index is 12.9. The lowest BCUT2D eigenvalue weighted by Crippen LogP contribution is -2.49. The van der Waals surface area contributed by atoms with Gasteiger partial charge in [-0.1, -0.05) is 12.1 Å². The number of anilines is 1. The van der Waals surface area contributed by atoms with E-state index in [2.05, 4.69) is 16.8 Å². The van der Waals surface area contributed by atoms with E-state index >= 15 is 0 Å². The molecule has 122 valence electrons. The number of aromatic nitrogens is 1. The average molecular weight is 333 g/mol. The van der Waals surface area contributed by atoms with Crippen LogP contribution in [0.3, 0.4) is 0 Å². The molecule has 2 aromatic rings. The van der Waals surface area contributed by atoms with Crippen molar-refractivity contribution in [1.82, 2.24) is 9.88 Å². The number of rotatable bonds is 3. The number of hydrogen-bond donors (Lipinski definition) is 0. The summed E-state index contributed by atoms with van der Waals surface area (Å²) in [7, 11) is 0. The second-order valence-corrected chi connectivity index (χ2v) is 6.99. The molecule has 4 nitrogen and oxygen atoms in total. The van der Waals surface area contributed by atoms with Crippen LogP contribution >= 0.6 is 11.3 Å². The van der Waals surface area contributed by atoms with Gasteiger partial charge in [0.2, 0.25) is 5.91 Å². The third-order valence-electron chi connectivity index (χ3n) is 4.19. The van der Waals surface area contributed by atoms with Crippen molar-refractivity contribution in [1.29, 1.82) is 0 Å². The Morgan fingerprint density at radius 2 is 1.83 bits per heavy atom. The largest absolute Gasteiger partial charge is 0.345 e. The van der Waals surface area contributed by atoms with E-state index in [4.69, 9.17) is 0 Å². The van der Waals surface area contributed by atoms with Crippen LogP contribution in [0, 0.1) is 19.7 Å². The Kier molecular flexibility index (Phi) is 4.61. The molecule has 1 fully saturated rings. The first-order valence-electron chi connectivity index (χ1n) is 7.74. The Bertz CT molecular complexity index is 671. The Hall–Kier alpha value is -1.95. The van der Waals surface area contributed by atoms with Crippen molar-refractivity contribution in [2.45, 2.75) is 20.3 Å².